The van der Waals surface area contributed by atoms with Crippen LogP contribution in [0.4, 0.5) is 0 Å². The molecule has 3 nitrogen and oxygen atoms in total. The van der Waals surface area contributed by atoms with E-state index in [0.29, 0.717) is 18.9 Å². The van der Waals surface area contributed by atoms with Crippen molar-refractivity contribution in [3.05, 3.63) is 34.9 Å². The van der Waals surface area contributed by atoms with Crippen molar-refractivity contribution < 1.29 is 9.53 Å². The van der Waals surface area contributed by atoms with Crippen LogP contribution in [0.1, 0.15) is 37.0 Å². The minimum absolute atomic E-state index is 0.302. The van der Waals surface area contributed by atoms with Gasteiger partial charge in [0.2, 0.25) is 0 Å². The maximum absolute atomic E-state index is 11.7. The average molecular weight is 249 g/mol. The van der Waals surface area contributed by atoms with Crippen LogP contribution in [0.2, 0.25) is 0 Å². The van der Waals surface area contributed by atoms with Crippen LogP contribution in [-0.4, -0.2) is 12.0 Å². The van der Waals surface area contributed by atoms with Gasteiger partial charge in [0.05, 0.1) is 0 Å². The lowest BCUT2D eigenvalue weighted by Gasteiger charge is -2.14. The summed E-state index contributed by atoms with van der Waals surface area (Å²) in [7, 11) is 0. The highest BCUT2D eigenvalue weighted by Gasteiger charge is 2.16. The maximum atomic E-state index is 11.7. The average Bonchev–Trinajstić information content (AvgIpc) is 2.26. The fraction of sp³-hybridized carbons (Fsp3) is 0.533. The van der Waals surface area contributed by atoms with E-state index < -0.39 is 6.04 Å². The van der Waals surface area contributed by atoms with Gasteiger partial charge in [-0.25, -0.2) is 0 Å². The summed E-state index contributed by atoms with van der Waals surface area (Å²) in [4.78, 5) is 11.7. The molecule has 0 spiro atoms. The van der Waals surface area contributed by atoms with Crippen molar-refractivity contribution in [3.8, 4) is 0 Å². The van der Waals surface area contributed by atoms with E-state index in [1.165, 1.54) is 5.56 Å². The number of nitrogens with two attached hydrogens (primary N) is 1. The van der Waals surface area contributed by atoms with Crippen molar-refractivity contribution in [1.82, 2.24) is 0 Å². The lowest BCUT2D eigenvalue weighted by molar-refractivity contribution is -0.146. The second-order valence-corrected chi connectivity index (χ2v) is 5.27. The van der Waals surface area contributed by atoms with E-state index in [1.807, 2.05) is 39.8 Å². The molecule has 100 valence electrons. The highest BCUT2D eigenvalue weighted by Crippen LogP contribution is 2.12. The number of carbonyl (C=O) groups excluding carboxylic acids is 1. The number of aryl methyl sites for hydroxylation is 2. The van der Waals surface area contributed by atoms with Crippen LogP contribution in [0.25, 0.3) is 0 Å². The fourth-order valence-electron chi connectivity index (χ4n) is 1.87. The molecule has 0 amide bonds. The second-order valence-electron chi connectivity index (χ2n) is 5.27. The monoisotopic (exact) mass is 249 g/mol. The number of hydrogen-bond donors (Lipinski definition) is 1. The van der Waals surface area contributed by atoms with E-state index in [9.17, 15) is 4.79 Å². The van der Waals surface area contributed by atoms with Gasteiger partial charge in [-0.05, 0) is 37.3 Å². The van der Waals surface area contributed by atoms with Crippen LogP contribution < -0.4 is 5.73 Å². The van der Waals surface area contributed by atoms with Crippen LogP contribution >= 0.6 is 0 Å². The smallest absolute Gasteiger partial charge is 0.323 e. The first-order valence-corrected chi connectivity index (χ1v) is 6.38. The Morgan fingerprint density at radius 1 is 1.33 bits per heavy atom. The molecular formula is C15H23NO2. The highest BCUT2D eigenvalue weighted by molar-refractivity contribution is 5.75. The lowest BCUT2D eigenvalue weighted by Crippen LogP contribution is -2.33. The quantitative estimate of drug-likeness (QED) is 0.816. The van der Waals surface area contributed by atoms with Crippen molar-refractivity contribution in [2.24, 2.45) is 11.7 Å². The molecule has 0 fully saturated rings. The standard InChI is InChI=1S/C15H23NO2/c1-10(2)7-14(16)15(17)18-9-13-6-5-11(3)8-12(13)4/h5-6,8,10,14H,7,9,16H2,1-4H3. The van der Waals surface area contributed by atoms with E-state index >= 15 is 0 Å². The Morgan fingerprint density at radius 2 is 2.00 bits per heavy atom. The minimum Gasteiger partial charge on any atom is -0.460 e. The maximum Gasteiger partial charge on any atom is 0.323 e. The van der Waals surface area contributed by atoms with Gasteiger partial charge in [-0.3, -0.25) is 4.79 Å². The predicted octanol–water partition coefficient (Wildman–Crippen LogP) is 2.72. The van der Waals surface area contributed by atoms with Crippen LogP contribution in [-0.2, 0) is 16.1 Å². The van der Waals surface area contributed by atoms with Gasteiger partial charge in [-0.15, -0.1) is 0 Å². The molecule has 0 aliphatic heterocycles. The van der Waals surface area contributed by atoms with Crippen molar-refractivity contribution in [2.75, 3.05) is 0 Å². The van der Waals surface area contributed by atoms with Crippen molar-refractivity contribution >= 4 is 5.97 Å². The zero-order valence-electron chi connectivity index (χ0n) is 11.7. The zero-order valence-corrected chi connectivity index (χ0v) is 11.7. The first-order valence-electron chi connectivity index (χ1n) is 6.38. The molecule has 0 aliphatic carbocycles. The molecule has 0 saturated carbocycles. The second kappa shape index (κ2) is 6.55. The number of ether oxygens (including phenoxy) is 1. The molecule has 2 N–H and O–H groups in total. The number of esters is 1. The van der Waals surface area contributed by atoms with Gasteiger partial charge in [-0.2, -0.15) is 0 Å². The number of hydrogen-bond acceptors (Lipinski definition) is 3. The van der Waals surface area contributed by atoms with Gasteiger partial charge >= 0.3 is 5.97 Å². The van der Waals surface area contributed by atoms with Crippen molar-refractivity contribution in [2.45, 2.75) is 46.8 Å². The molecule has 1 atom stereocenters. The minimum atomic E-state index is -0.518. The van der Waals surface area contributed by atoms with Gasteiger partial charge in [0.1, 0.15) is 12.6 Å². The largest absolute Gasteiger partial charge is 0.460 e. The third-order valence-electron chi connectivity index (χ3n) is 2.90. The van der Waals surface area contributed by atoms with Crippen molar-refractivity contribution in [3.63, 3.8) is 0 Å². The third-order valence-corrected chi connectivity index (χ3v) is 2.90. The summed E-state index contributed by atoms with van der Waals surface area (Å²) in [6, 6.07) is 5.57. The summed E-state index contributed by atoms with van der Waals surface area (Å²) in [5.74, 6) is 0.0809. The molecule has 1 aromatic rings. The van der Waals surface area contributed by atoms with Gasteiger partial charge < -0.3 is 10.5 Å². The SMILES string of the molecule is Cc1ccc(COC(=O)C(N)CC(C)C)c(C)c1. The van der Waals surface area contributed by atoms with Crippen LogP contribution in [0, 0.1) is 19.8 Å². The van der Waals surface area contributed by atoms with E-state index in [2.05, 4.69) is 6.07 Å². The van der Waals surface area contributed by atoms with E-state index in [0.717, 1.165) is 11.1 Å². The first-order chi connectivity index (χ1) is 8.40. The first kappa shape index (κ1) is 14.7. The number of benzene rings is 1. The zero-order chi connectivity index (χ0) is 13.7. The molecule has 3 heteroatoms. The summed E-state index contributed by atoms with van der Waals surface area (Å²) in [6.07, 6.45) is 0.658. The normalized spacial score (nSPS) is 12.6. The summed E-state index contributed by atoms with van der Waals surface area (Å²) >= 11 is 0. The van der Waals surface area contributed by atoms with Gasteiger partial charge in [0.25, 0.3) is 0 Å². The van der Waals surface area contributed by atoms with E-state index in [1.54, 1.807) is 0 Å². The van der Waals surface area contributed by atoms with Crippen LogP contribution in [0.5, 0.6) is 0 Å². The summed E-state index contributed by atoms with van der Waals surface area (Å²) in [6.45, 7) is 8.44. The van der Waals surface area contributed by atoms with E-state index in [4.69, 9.17) is 10.5 Å². The summed E-state index contributed by atoms with van der Waals surface area (Å²) in [5.41, 5.74) is 9.15. The van der Waals surface area contributed by atoms with Crippen LogP contribution in [0.15, 0.2) is 18.2 Å². The molecule has 1 aromatic carbocycles. The lowest BCUT2D eigenvalue weighted by atomic mass is 10.0. The summed E-state index contributed by atoms with van der Waals surface area (Å²) < 4.78 is 5.25. The van der Waals surface area contributed by atoms with E-state index in [-0.39, 0.29) is 5.97 Å². The Bertz CT molecular complexity index is 413. The summed E-state index contributed by atoms with van der Waals surface area (Å²) in [5, 5.41) is 0. The molecular weight excluding hydrogens is 226 g/mol. The molecule has 0 bridgehead atoms. The van der Waals surface area contributed by atoms with Crippen molar-refractivity contribution in [1.29, 1.82) is 0 Å². The molecule has 0 aromatic heterocycles. The highest BCUT2D eigenvalue weighted by atomic mass is 16.5. The molecule has 18 heavy (non-hydrogen) atoms. The molecule has 0 aliphatic rings. The van der Waals surface area contributed by atoms with Gasteiger partial charge in [-0.1, -0.05) is 37.6 Å². The Hall–Kier alpha value is -1.35. The topological polar surface area (TPSA) is 52.3 Å². The molecule has 0 radical (unpaired) electrons. The Balaban J connectivity index is 2.52. The molecule has 1 rings (SSSR count). The number of carbonyl (C=O) groups is 1. The molecule has 0 saturated heterocycles. The Morgan fingerprint density at radius 3 is 2.56 bits per heavy atom. The Kier molecular flexibility index (Phi) is 5.35. The van der Waals surface area contributed by atoms with Gasteiger partial charge in [0, 0.05) is 0 Å². The molecule has 1 unspecified atom stereocenters. The number of rotatable bonds is 5. The predicted molar refractivity (Wildman–Crippen MR) is 73.1 cm³/mol. The third kappa shape index (κ3) is 4.49. The van der Waals surface area contributed by atoms with Gasteiger partial charge in [0.15, 0.2) is 0 Å². The van der Waals surface area contributed by atoms with Crippen LogP contribution in [0.3, 0.4) is 0 Å². The Labute approximate surface area is 109 Å². The fourth-order valence-corrected chi connectivity index (χ4v) is 1.87. The molecule has 0 heterocycles.